The zero-order chi connectivity index (χ0) is 12.8. The molecule has 1 N–H and O–H groups in total. The second-order valence-corrected chi connectivity index (χ2v) is 6.05. The highest BCUT2D eigenvalue weighted by atomic mass is 16.2. The van der Waals surface area contributed by atoms with Crippen LogP contribution in [0, 0.1) is 0 Å². The summed E-state index contributed by atoms with van der Waals surface area (Å²) in [4.78, 5) is 13.6. The monoisotopic (exact) mass is 252 g/mol. The number of nitrogens with zero attached hydrogens (tertiary/aromatic N) is 1. The average molecular weight is 252 g/mol. The van der Waals surface area contributed by atoms with Crippen LogP contribution in [0.15, 0.2) is 0 Å². The minimum atomic E-state index is 0.348. The molecular formula is C15H28N2O. The molecular weight excluding hydrogens is 224 g/mol. The molecule has 1 aliphatic carbocycles. The molecule has 0 aromatic rings. The van der Waals surface area contributed by atoms with Crippen molar-refractivity contribution in [3.05, 3.63) is 0 Å². The second-order valence-electron chi connectivity index (χ2n) is 6.05. The van der Waals surface area contributed by atoms with Crippen molar-refractivity contribution in [3.63, 3.8) is 0 Å². The predicted molar refractivity (Wildman–Crippen MR) is 74.5 cm³/mol. The van der Waals surface area contributed by atoms with Gasteiger partial charge in [0.1, 0.15) is 0 Å². The Hall–Kier alpha value is -0.570. The van der Waals surface area contributed by atoms with Gasteiger partial charge in [-0.25, -0.2) is 0 Å². The predicted octanol–water partition coefficient (Wildman–Crippen LogP) is 2.70. The van der Waals surface area contributed by atoms with Crippen LogP contribution in [0.3, 0.4) is 0 Å². The lowest BCUT2D eigenvalue weighted by Gasteiger charge is -2.28. The van der Waals surface area contributed by atoms with E-state index in [1.165, 1.54) is 44.9 Å². The van der Waals surface area contributed by atoms with Gasteiger partial charge in [0.15, 0.2) is 0 Å². The van der Waals surface area contributed by atoms with E-state index in [2.05, 4.69) is 12.2 Å². The minimum absolute atomic E-state index is 0.348. The Kier molecular flexibility index (Phi) is 5.48. The Morgan fingerprint density at radius 3 is 2.44 bits per heavy atom. The van der Waals surface area contributed by atoms with Crippen LogP contribution in [0.4, 0.5) is 0 Å². The van der Waals surface area contributed by atoms with Crippen molar-refractivity contribution in [2.24, 2.45) is 0 Å². The lowest BCUT2D eigenvalue weighted by molar-refractivity contribution is -0.128. The standard InChI is InChI=1S/C15H28N2O/c1-13(12-17-11-7-10-15(17)18)16-14-8-5-3-2-4-6-9-14/h13-14,16H,2-12H2,1H3. The fraction of sp³-hybridized carbons (Fsp3) is 0.933. The molecule has 0 bridgehead atoms. The quantitative estimate of drug-likeness (QED) is 0.834. The maximum absolute atomic E-state index is 11.6. The third kappa shape index (κ3) is 4.27. The molecule has 1 aliphatic heterocycles. The van der Waals surface area contributed by atoms with Crippen molar-refractivity contribution >= 4 is 5.91 Å². The lowest BCUT2D eigenvalue weighted by Crippen LogP contribution is -2.44. The van der Waals surface area contributed by atoms with Crippen LogP contribution in [0.2, 0.25) is 0 Å². The molecule has 2 rings (SSSR count). The third-order valence-corrected chi connectivity index (χ3v) is 4.29. The summed E-state index contributed by atoms with van der Waals surface area (Å²) in [5.41, 5.74) is 0. The summed E-state index contributed by atoms with van der Waals surface area (Å²) in [5.74, 6) is 0.348. The van der Waals surface area contributed by atoms with Crippen LogP contribution in [-0.2, 0) is 4.79 Å². The van der Waals surface area contributed by atoms with E-state index < -0.39 is 0 Å². The van der Waals surface area contributed by atoms with Crippen molar-refractivity contribution in [2.75, 3.05) is 13.1 Å². The van der Waals surface area contributed by atoms with E-state index in [9.17, 15) is 4.79 Å². The first-order chi connectivity index (χ1) is 8.75. The normalized spacial score (nSPS) is 24.9. The number of nitrogens with one attached hydrogen (secondary N) is 1. The second kappa shape index (κ2) is 7.13. The number of rotatable bonds is 4. The van der Waals surface area contributed by atoms with Gasteiger partial charge >= 0.3 is 0 Å². The number of carbonyl (C=O) groups excluding carboxylic acids is 1. The number of likely N-dealkylation sites (tertiary alicyclic amines) is 1. The first kappa shape index (κ1) is 13.9. The maximum atomic E-state index is 11.6. The molecule has 0 radical (unpaired) electrons. The van der Waals surface area contributed by atoms with Gasteiger partial charge in [-0.3, -0.25) is 4.79 Å². The Labute approximate surface area is 111 Å². The topological polar surface area (TPSA) is 32.3 Å². The molecule has 3 nitrogen and oxygen atoms in total. The van der Waals surface area contributed by atoms with Crippen molar-refractivity contribution in [2.45, 2.75) is 76.8 Å². The SMILES string of the molecule is CC(CN1CCCC1=O)NC1CCCCCCC1. The van der Waals surface area contributed by atoms with Crippen LogP contribution < -0.4 is 5.32 Å². The summed E-state index contributed by atoms with van der Waals surface area (Å²) >= 11 is 0. The van der Waals surface area contributed by atoms with Crippen LogP contribution in [0.25, 0.3) is 0 Å². The maximum Gasteiger partial charge on any atom is 0.222 e. The molecule has 1 amide bonds. The highest BCUT2D eigenvalue weighted by molar-refractivity contribution is 5.78. The number of hydrogen-bond donors (Lipinski definition) is 1. The smallest absolute Gasteiger partial charge is 0.222 e. The lowest BCUT2D eigenvalue weighted by atomic mass is 9.96. The van der Waals surface area contributed by atoms with E-state index in [4.69, 9.17) is 0 Å². The van der Waals surface area contributed by atoms with Gasteiger partial charge in [0.25, 0.3) is 0 Å². The molecule has 2 aliphatic rings. The molecule has 0 spiro atoms. The summed E-state index contributed by atoms with van der Waals surface area (Å²) < 4.78 is 0. The summed E-state index contributed by atoms with van der Waals surface area (Å²) in [6.45, 7) is 4.09. The molecule has 1 unspecified atom stereocenters. The zero-order valence-electron chi connectivity index (χ0n) is 11.8. The number of amides is 1. The molecule has 0 aromatic heterocycles. The van der Waals surface area contributed by atoms with Crippen molar-refractivity contribution < 1.29 is 4.79 Å². The Balaban J connectivity index is 1.71. The minimum Gasteiger partial charge on any atom is -0.341 e. The van der Waals surface area contributed by atoms with E-state index >= 15 is 0 Å². The van der Waals surface area contributed by atoms with Crippen LogP contribution in [0.5, 0.6) is 0 Å². The number of carbonyl (C=O) groups is 1. The summed E-state index contributed by atoms with van der Waals surface area (Å²) in [6.07, 6.45) is 11.4. The van der Waals surface area contributed by atoms with Crippen molar-refractivity contribution in [3.8, 4) is 0 Å². The molecule has 1 saturated heterocycles. The van der Waals surface area contributed by atoms with Crippen molar-refractivity contribution in [1.29, 1.82) is 0 Å². The van der Waals surface area contributed by atoms with Gasteiger partial charge in [-0.05, 0) is 26.2 Å². The molecule has 0 aromatic carbocycles. The Bertz CT molecular complexity index is 259. The molecule has 2 fully saturated rings. The molecule has 18 heavy (non-hydrogen) atoms. The van der Waals surface area contributed by atoms with Gasteiger partial charge in [0.2, 0.25) is 5.91 Å². The Morgan fingerprint density at radius 2 is 1.83 bits per heavy atom. The van der Waals surface area contributed by atoms with E-state index in [0.717, 1.165) is 25.9 Å². The summed E-state index contributed by atoms with van der Waals surface area (Å²) in [7, 11) is 0. The zero-order valence-corrected chi connectivity index (χ0v) is 11.8. The van der Waals surface area contributed by atoms with Gasteiger partial charge in [-0.1, -0.05) is 32.1 Å². The molecule has 1 saturated carbocycles. The summed E-state index contributed by atoms with van der Waals surface area (Å²) in [6, 6.07) is 1.12. The van der Waals surface area contributed by atoms with E-state index in [0.29, 0.717) is 18.0 Å². The van der Waals surface area contributed by atoms with E-state index in [1.54, 1.807) is 0 Å². The van der Waals surface area contributed by atoms with E-state index in [-0.39, 0.29) is 0 Å². The highest BCUT2D eigenvalue weighted by Gasteiger charge is 2.22. The first-order valence-electron chi connectivity index (χ1n) is 7.79. The number of hydrogen-bond acceptors (Lipinski definition) is 2. The van der Waals surface area contributed by atoms with Crippen LogP contribution in [0.1, 0.15) is 64.7 Å². The fourth-order valence-electron chi connectivity index (χ4n) is 3.31. The Morgan fingerprint density at radius 1 is 1.17 bits per heavy atom. The fourth-order valence-corrected chi connectivity index (χ4v) is 3.31. The van der Waals surface area contributed by atoms with Gasteiger partial charge in [-0.15, -0.1) is 0 Å². The largest absolute Gasteiger partial charge is 0.341 e. The van der Waals surface area contributed by atoms with Crippen LogP contribution in [-0.4, -0.2) is 36.0 Å². The molecule has 1 atom stereocenters. The van der Waals surface area contributed by atoms with Gasteiger partial charge < -0.3 is 10.2 Å². The van der Waals surface area contributed by atoms with Gasteiger partial charge in [-0.2, -0.15) is 0 Å². The van der Waals surface area contributed by atoms with Gasteiger partial charge in [0.05, 0.1) is 0 Å². The molecule has 104 valence electrons. The van der Waals surface area contributed by atoms with Crippen LogP contribution >= 0.6 is 0 Å². The van der Waals surface area contributed by atoms with Crippen molar-refractivity contribution in [1.82, 2.24) is 10.2 Å². The molecule has 1 heterocycles. The molecule has 3 heteroatoms. The van der Waals surface area contributed by atoms with Gasteiger partial charge in [0, 0.05) is 31.6 Å². The first-order valence-corrected chi connectivity index (χ1v) is 7.79. The average Bonchev–Trinajstić information content (AvgIpc) is 2.68. The highest BCUT2D eigenvalue weighted by Crippen LogP contribution is 2.18. The summed E-state index contributed by atoms with van der Waals surface area (Å²) in [5, 5.41) is 3.74. The van der Waals surface area contributed by atoms with E-state index in [1.807, 2.05) is 4.90 Å². The third-order valence-electron chi connectivity index (χ3n) is 4.29.